The molecule has 158 valence electrons. The maximum Gasteiger partial charge on any atom is 0.117 e. The molecule has 0 N–H and O–H groups in total. The largest absolute Gasteiger partial charge is 0.342 e. The highest BCUT2D eigenvalue weighted by Crippen LogP contribution is 2.57. The predicted octanol–water partition coefficient (Wildman–Crippen LogP) is 7.59. The Morgan fingerprint density at radius 3 is 1.48 bits per heavy atom. The van der Waals surface area contributed by atoms with E-state index < -0.39 is 5.54 Å². The molecule has 6 rings (SSSR count). The van der Waals surface area contributed by atoms with Crippen LogP contribution in [-0.4, -0.2) is 0 Å². The molecule has 0 saturated heterocycles. The molecule has 1 heterocycles. The van der Waals surface area contributed by atoms with E-state index in [0.29, 0.717) is 0 Å². The van der Waals surface area contributed by atoms with E-state index in [1.807, 2.05) is 0 Å². The molecule has 0 spiro atoms. The second-order valence-electron chi connectivity index (χ2n) is 8.55. The van der Waals surface area contributed by atoms with Crippen LogP contribution >= 0.6 is 0 Å². The second kappa shape index (κ2) is 8.11. The van der Waals surface area contributed by atoms with Crippen LogP contribution in [0.3, 0.4) is 0 Å². The number of hydrogen-bond donors (Lipinski definition) is 0. The van der Waals surface area contributed by atoms with Crippen LogP contribution in [0.5, 0.6) is 0 Å². The molecule has 1 unspecified atom stereocenters. The minimum Gasteiger partial charge on any atom is -0.342 e. The Labute approximate surface area is 195 Å². The molecular weight excluding hydrogens is 398 g/mol. The second-order valence-corrected chi connectivity index (χ2v) is 8.55. The first-order valence-corrected chi connectivity index (χ1v) is 11.5. The molecule has 0 bridgehead atoms. The Hall–Kier alpha value is -4.10. The van der Waals surface area contributed by atoms with Gasteiger partial charge in [-0.05, 0) is 39.9 Å². The lowest BCUT2D eigenvalue weighted by molar-refractivity contribution is 0.571. The van der Waals surface area contributed by atoms with Crippen molar-refractivity contribution in [1.82, 2.24) is 0 Å². The summed E-state index contributed by atoms with van der Waals surface area (Å²) in [6.45, 7) is 0. The van der Waals surface area contributed by atoms with Crippen molar-refractivity contribution < 1.29 is 0 Å². The molecule has 0 radical (unpaired) electrons. The van der Waals surface area contributed by atoms with E-state index >= 15 is 0 Å². The number of hydrogen-bond acceptors (Lipinski definition) is 1. The fourth-order valence-corrected chi connectivity index (χ4v) is 5.54. The maximum absolute atomic E-state index is 2.62. The molecule has 5 aromatic carbocycles. The Balaban J connectivity index is 1.77. The third-order valence-corrected chi connectivity index (χ3v) is 6.80. The minimum atomic E-state index is -0.457. The van der Waals surface area contributed by atoms with Crippen molar-refractivity contribution in [3.05, 3.63) is 173 Å². The molecule has 1 aliphatic rings. The molecule has 33 heavy (non-hydrogen) atoms. The van der Waals surface area contributed by atoms with Gasteiger partial charge in [-0.3, -0.25) is 0 Å². The Kier molecular flexibility index (Phi) is 4.81. The molecule has 0 fully saturated rings. The number of nitrogens with zero attached hydrogens (tertiary/aromatic N) is 1. The van der Waals surface area contributed by atoms with E-state index in [-0.39, 0.29) is 6.04 Å². The Morgan fingerprint density at radius 2 is 0.909 bits per heavy atom. The van der Waals surface area contributed by atoms with E-state index in [1.165, 1.54) is 33.5 Å². The van der Waals surface area contributed by atoms with Gasteiger partial charge < -0.3 is 4.90 Å². The van der Waals surface area contributed by atoms with Crippen molar-refractivity contribution >= 4 is 5.69 Å². The first kappa shape index (κ1) is 19.6. The standard InChI is InChI=1S/C32H25N/c1-5-15-25(16-6-1)31-29-23-13-14-24-30(29)32(26-17-7-2-8-18-26,27-19-9-3-10-20-27)33(31)28-21-11-4-12-22-28/h1-24,31H. The van der Waals surface area contributed by atoms with Crippen LogP contribution in [0.15, 0.2) is 146 Å². The number of anilines is 1. The lowest BCUT2D eigenvalue weighted by Crippen LogP contribution is -2.45. The summed E-state index contributed by atoms with van der Waals surface area (Å²) in [7, 11) is 0. The van der Waals surface area contributed by atoms with Crippen molar-refractivity contribution in [2.24, 2.45) is 0 Å². The van der Waals surface area contributed by atoms with Gasteiger partial charge in [0.1, 0.15) is 5.54 Å². The van der Waals surface area contributed by atoms with Crippen molar-refractivity contribution in [1.29, 1.82) is 0 Å². The van der Waals surface area contributed by atoms with Gasteiger partial charge in [-0.25, -0.2) is 0 Å². The lowest BCUT2D eigenvalue weighted by Gasteiger charge is -2.44. The SMILES string of the molecule is c1ccc(C2c3ccccc3C(c3ccccc3)(c3ccccc3)N2c2ccccc2)cc1. The smallest absolute Gasteiger partial charge is 0.117 e. The third kappa shape index (κ3) is 3.01. The summed E-state index contributed by atoms with van der Waals surface area (Å²) in [4.78, 5) is 2.62. The molecule has 1 heteroatoms. The molecule has 1 aliphatic heterocycles. The van der Waals surface area contributed by atoms with Crippen molar-refractivity contribution in [2.45, 2.75) is 11.6 Å². The molecule has 1 atom stereocenters. The van der Waals surface area contributed by atoms with Crippen LogP contribution in [0.4, 0.5) is 5.69 Å². The van der Waals surface area contributed by atoms with Crippen molar-refractivity contribution in [3.63, 3.8) is 0 Å². The van der Waals surface area contributed by atoms with E-state index in [0.717, 1.165) is 0 Å². The normalized spacial score (nSPS) is 16.4. The summed E-state index contributed by atoms with van der Waals surface area (Å²) < 4.78 is 0. The topological polar surface area (TPSA) is 3.24 Å². The fourth-order valence-electron chi connectivity index (χ4n) is 5.54. The van der Waals surface area contributed by atoms with Gasteiger partial charge in [0.25, 0.3) is 0 Å². The summed E-state index contributed by atoms with van der Waals surface area (Å²) in [5, 5.41) is 0. The molecule has 0 aliphatic carbocycles. The highest BCUT2D eigenvalue weighted by atomic mass is 15.3. The molecule has 0 saturated carbocycles. The third-order valence-electron chi connectivity index (χ3n) is 6.80. The highest BCUT2D eigenvalue weighted by Gasteiger charge is 2.52. The van der Waals surface area contributed by atoms with E-state index in [2.05, 4.69) is 150 Å². The van der Waals surface area contributed by atoms with E-state index in [4.69, 9.17) is 0 Å². The van der Waals surface area contributed by atoms with Gasteiger partial charge in [-0.2, -0.15) is 0 Å². The summed E-state index contributed by atoms with van der Waals surface area (Å²) in [5.41, 5.74) is 7.26. The average molecular weight is 424 g/mol. The summed E-state index contributed by atoms with van der Waals surface area (Å²) in [6.07, 6.45) is 0. The van der Waals surface area contributed by atoms with Crippen LogP contribution in [-0.2, 0) is 5.54 Å². The number of fused-ring (bicyclic) bond motifs is 1. The Bertz CT molecular complexity index is 1310. The lowest BCUT2D eigenvalue weighted by atomic mass is 9.77. The molecule has 1 nitrogen and oxygen atoms in total. The van der Waals surface area contributed by atoms with Gasteiger partial charge in [-0.1, -0.05) is 133 Å². The van der Waals surface area contributed by atoms with Gasteiger partial charge in [0.05, 0.1) is 6.04 Å². The monoisotopic (exact) mass is 423 g/mol. The number of para-hydroxylation sites is 1. The van der Waals surface area contributed by atoms with Crippen LogP contribution < -0.4 is 4.90 Å². The quantitative estimate of drug-likeness (QED) is 0.288. The highest BCUT2D eigenvalue weighted by molar-refractivity contribution is 5.71. The zero-order valence-corrected chi connectivity index (χ0v) is 18.4. The molecular formula is C32H25N. The zero-order chi connectivity index (χ0) is 22.1. The van der Waals surface area contributed by atoms with E-state index in [9.17, 15) is 0 Å². The van der Waals surface area contributed by atoms with Gasteiger partial charge in [0.15, 0.2) is 0 Å². The Morgan fingerprint density at radius 1 is 0.455 bits per heavy atom. The molecule has 0 amide bonds. The number of rotatable bonds is 4. The van der Waals surface area contributed by atoms with Crippen LogP contribution in [0.25, 0.3) is 0 Å². The van der Waals surface area contributed by atoms with Crippen LogP contribution in [0.1, 0.15) is 33.9 Å². The number of benzene rings is 5. The van der Waals surface area contributed by atoms with Gasteiger partial charge >= 0.3 is 0 Å². The molecule has 0 aromatic heterocycles. The fraction of sp³-hybridized carbons (Fsp3) is 0.0625. The zero-order valence-electron chi connectivity index (χ0n) is 18.4. The van der Waals surface area contributed by atoms with Crippen molar-refractivity contribution in [3.8, 4) is 0 Å². The van der Waals surface area contributed by atoms with E-state index in [1.54, 1.807) is 0 Å². The van der Waals surface area contributed by atoms with Gasteiger partial charge in [0, 0.05) is 5.69 Å². The van der Waals surface area contributed by atoms with Crippen LogP contribution in [0.2, 0.25) is 0 Å². The molecule has 5 aromatic rings. The summed E-state index contributed by atoms with van der Waals surface area (Å²) in [6, 6.07) is 52.7. The predicted molar refractivity (Wildman–Crippen MR) is 136 cm³/mol. The van der Waals surface area contributed by atoms with Crippen molar-refractivity contribution in [2.75, 3.05) is 4.90 Å². The summed E-state index contributed by atoms with van der Waals surface area (Å²) in [5.74, 6) is 0. The summed E-state index contributed by atoms with van der Waals surface area (Å²) >= 11 is 0. The van der Waals surface area contributed by atoms with Gasteiger partial charge in [-0.15, -0.1) is 0 Å². The first-order chi connectivity index (χ1) is 16.4. The maximum atomic E-state index is 2.62. The minimum absolute atomic E-state index is 0.0882. The average Bonchev–Trinajstić information content (AvgIpc) is 3.23. The van der Waals surface area contributed by atoms with Crippen LogP contribution in [0, 0.1) is 0 Å². The van der Waals surface area contributed by atoms with Gasteiger partial charge in [0.2, 0.25) is 0 Å². The first-order valence-electron chi connectivity index (χ1n) is 11.5.